The van der Waals surface area contributed by atoms with Crippen LogP contribution in [0.2, 0.25) is 0 Å². The van der Waals surface area contributed by atoms with E-state index >= 15 is 0 Å². The number of hydrogen-bond acceptors (Lipinski definition) is 9. The molecule has 0 amide bonds. The number of piperazine rings is 1. The second-order valence-electron chi connectivity index (χ2n) is 10.1. The molecule has 0 unspecified atom stereocenters. The highest BCUT2D eigenvalue weighted by molar-refractivity contribution is 5.84. The maximum Gasteiger partial charge on any atom is 0.231 e. The summed E-state index contributed by atoms with van der Waals surface area (Å²) in [6, 6.07) is 12.8. The van der Waals surface area contributed by atoms with Gasteiger partial charge in [0.15, 0.2) is 11.5 Å². The lowest BCUT2D eigenvalue weighted by Gasteiger charge is -2.36. The van der Waals surface area contributed by atoms with Gasteiger partial charge in [0.05, 0.1) is 24.8 Å². The van der Waals surface area contributed by atoms with Crippen LogP contribution < -0.4 is 20.3 Å². The molecular weight excluding hydrogens is 478 g/mol. The minimum absolute atomic E-state index is 0.421. The van der Waals surface area contributed by atoms with Gasteiger partial charge in [-0.2, -0.15) is 9.97 Å². The van der Waals surface area contributed by atoms with Gasteiger partial charge in [0.25, 0.3) is 0 Å². The van der Waals surface area contributed by atoms with E-state index in [0.29, 0.717) is 17.6 Å². The highest BCUT2D eigenvalue weighted by Crippen LogP contribution is 2.33. The molecule has 1 saturated carbocycles. The van der Waals surface area contributed by atoms with Crippen LogP contribution in [0.4, 0.5) is 23.1 Å². The lowest BCUT2D eigenvalue weighted by atomic mass is 9.95. The second-order valence-corrected chi connectivity index (χ2v) is 10.1. The van der Waals surface area contributed by atoms with E-state index in [-0.39, 0.29) is 0 Å². The number of imidazole rings is 1. The van der Waals surface area contributed by atoms with Crippen LogP contribution in [0.15, 0.2) is 48.9 Å². The zero-order valence-corrected chi connectivity index (χ0v) is 21.9. The maximum atomic E-state index is 5.77. The summed E-state index contributed by atoms with van der Waals surface area (Å²) >= 11 is 0. The molecule has 0 radical (unpaired) electrons. The Morgan fingerprint density at radius 3 is 2.66 bits per heavy atom. The van der Waals surface area contributed by atoms with Gasteiger partial charge in [-0.25, -0.2) is 4.98 Å². The molecule has 2 aliphatic rings. The monoisotopic (exact) mass is 513 g/mol. The minimum Gasteiger partial charge on any atom is -0.494 e. The Bertz CT molecular complexity index is 1350. The van der Waals surface area contributed by atoms with Gasteiger partial charge in [0.2, 0.25) is 5.95 Å². The number of methoxy groups -OCH3 is 1. The molecule has 4 aromatic rings. The molecule has 10 heteroatoms. The fraction of sp³-hybridized carbons (Fsp3) is 0.429. The Balaban J connectivity index is 1.15. The molecule has 6 rings (SSSR count). The number of pyridine rings is 1. The molecule has 1 aromatic carbocycles. The first-order valence-electron chi connectivity index (χ1n) is 13.5. The molecule has 10 nitrogen and oxygen atoms in total. The summed E-state index contributed by atoms with van der Waals surface area (Å²) in [5, 5.41) is 7.00. The van der Waals surface area contributed by atoms with Gasteiger partial charge in [-0.05, 0) is 37.1 Å². The third-order valence-electron chi connectivity index (χ3n) is 7.51. The van der Waals surface area contributed by atoms with Crippen molar-refractivity contribution < 1.29 is 4.74 Å². The molecule has 0 spiro atoms. The highest BCUT2D eigenvalue weighted by atomic mass is 16.5. The second kappa shape index (κ2) is 11.2. The van der Waals surface area contributed by atoms with E-state index in [1.807, 2.05) is 24.4 Å². The van der Waals surface area contributed by atoms with Crippen molar-refractivity contribution in [2.45, 2.75) is 44.7 Å². The predicted octanol–water partition coefficient (Wildman–Crippen LogP) is 4.57. The van der Waals surface area contributed by atoms with E-state index in [1.54, 1.807) is 13.4 Å². The quantitative estimate of drug-likeness (QED) is 0.312. The van der Waals surface area contributed by atoms with Gasteiger partial charge in [-0.15, -0.1) is 0 Å². The van der Waals surface area contributed by atoms with Crippen LogP contribution in [-0.4, -0.2) is 69.2 Å². The molecule has 0 atom stereocenters. The van der Waals surface area contributed by atoms with Crippen LogP contribution in [0, 0.1) is 0 Å². The summed E-state index contributed by atoms with van der Waals surface area (Å²) < 4.78 is 5.77. The number of ether oxygens (including phenoxy) is 1. The molecule has 198 valence electrons. The van der Waals surface area contributed by atoms with E-state index in [9.17, 15) is 0 Å². The molecule has 1 aliphatic carbocycles. The third-order valence-corrected chi connectivity index (χ3v) is 7.51. The van der Waals surface area contributed by atoms with Crippen molar-refractivity contribution in [1.29, 1.82) is 0 Å². The number of H-pyrrole nitrogens is 1. The smallest absolute Gasteiger partial charge is 0.231 e. The summed E-state index contributed by atoms with van der Waals surface area (Å²) in [6.07, 6.45) is 9.65. The molecule has 0 bridgehead atoms. The average Bonchev–Trinajstić information content (AvgIpc) is 3.44. The number of fused-ring (bicyclic) bond motifs is 1. The van der Waals surface area contributed by atoms with Crippen molar-refractivity contribution in [2.24, 2.45) is 0 Å². The first kappa shape index (κ1) is 24.4. The van der Waals surface area contributed by atoms with Crippen LogP contribution in [0.3, 0.4) is 0 Å². The van der Waals surface area contributed by atoms with Crippen molar-refractivity contribution in [1.82, 2.24) is 29.8 Å². The zero-order valence-electron chi connectivity index (χ0n) is 21.9. The van der Waals surface area contributed by atoms with Crippen molar-refractivity contribution in [3.63, 3.8) is 0 Å². The van der Waals surface area contributed by atoms with Crippen molar-refractivity contribution in [3.8, 4) is 5.75 Å². The van der Waals surface area contributed by atoms with Crippen LogP contribution in [0.5, 0.6) is 5.75 Å². The number of benzene rings is 1. The Morgan fingerprint density at radius 2 is 1.87 bits per heavy atom. The molecule has 1 aliphatic heterocycles. The maximum absolute atomic E-state index is 5.77. The van der Waals surface area contributed by atoms with Crippen LogP contribution in [0.25, 0.3) is 11.2 Å². The van der Waals surface area contributed by atoms with Gasteiger partial charge in [0.1, 0.15) is 11.3 Å². The molecule has 1 saturated heterocycles. The fourth-order valence-electron chi connectivity index (χ4n) is 5.42. The van der Waals surface area contributed by atoms with Crippen molar-refractivity contribution in [3.05, 3.63) is 54.6 Å². The standard InChI is InChI=1S/C28H35N9O/c1-38-24-17-22(37-15-13-36(14-16-37)18-21-9-5-6-12-29-21)10-11-23(24)33-28-34-26-25(30-19-31-26)27(35-28)32-20-7-3-2-4-8-20/h5-6,9-12,17,19-20H,2-4,7-8,13-16,18H2,1H3,(H3,30,31,32,33,34,35). The Labute approximate surface area is 222 Å². The zero-order chi connectivity index (χ0) is 25.7. The number of aromatic nitrogens is 5. The van der Waals surface area contributed by atoms with Gasteiger partial charge in [-0.1, -0.05) is 25.3 Å². The van der Waals surface area contributed by atoms with E-state index in [4.69, 9.17) is 9.72 Å². The largest absolute Gasteiger partial charge is 0.494 e. The Morgan fingerprint density at radius 1 is 1.00 bits per heavy atom. The van der Waals surface area contributed by atoms with Crippen LogP contribution in [-0.2, 0) is 6.54 Å². The van der Waals surface area contributed by atoms with E-state index in [0.717, 1.165) is 79.7 Å². The number of nitrogens with one attached hydrogen (secondary N) is 3. The number of aromatic amines is 1. The molecular formula is C28H35N9O. The van der Waals surface area contributed by atoms with Crippen molar-refractivity contribution in [2.75, 3.05) is 48.8 Å². The number of hydrogen-bond donors (Lipinski definition) is 3. The molecule has 38 heavy (non-hydrogen) atoms. The highest BCUT2D eigenvalue weighted by Gasteiger charge is 2.20. The third kappa shape index (κ3) is 5.50. The van der Waals surface area contributed by atoms with Crippen molar-refractivity contribution >= 4 is 34.3 Å². The lowest BCUT2D eigenvalue weighted by molar-refractivity contribution is 0.247. The Kier molecular flexibility index (Phi) is 7.21. The fourth-order valence-corrected chi connectivity index (χ4v) is 5.42. The first-order valence-corrected chi connectivity index (χ1v) is 13.5. The first-order chi connectivity index (χ1) is 18.7. The number of nitrogens with zero attached hydrogens (tertiary/aromatic N) is 6. The van der Waals surface area contributed by atoms with Gasteiger partial charge in [0, 0.05) is 56.7 Å². The molecule has 4 heterocycles. The average molecular weight is 514 g/mol. The van der Waals surface area contributed by atoms with Gasteiger partial charge < -0.3 is 25.3 Å². The summed E-state index contributed by atoms with van der Waals surface area (Å²) in [5.74, 6) is 2.03. The van der Waals surface area contributed by atoms with E-state index < -0.39 is 0 Å². The topological polar surface area (TPSA) is 107 Å². The van der Waals surface area contributed by atoms with E-state index in [1.165, 1.54) is 19.3 Å². The summed E-state index contributed by atoms with van der Waals surface area (Å²) in [5.41, 5.74) is 4.57. The van der Waals surface area contributed by atoms with E-state index in [2.05, 4.69) is 58.6 Å². The van der Waals surface area contributed by atoms with Crippen LogP contribution >= 0.6 is 0 Å². The van der Waals surface area contributed by atoms with Gasteiger partial charge in [-0.3, -0.25) is 9.88 Å². The predicted molar refractivity (Wildman–Crippen MR) is 150 cm³/mol. The minimum atomic E-state index is 0.421. The normalized spacial score (nSPS) is 17.0. The number of anilines is 4. The number of rotatable bonds is 8. The Hall–Kier alpha value is -3.92. The molecule has 2 fully saturated rings. The van der Waals surface area contributed by atoms with Gasteiger partial charge >= 0.3 is 0 Å². The molecule has 3 N–H and O–H groups in total. The summed E-state index contributed by atoms with van der Waals surface area (Å²) in [7, 11) is 1.70. The van der Waals surface area contributed by atoms with Crippen LogP contribution in [0.1, 0.15) is 37.8 Å². The SMILES string of the molecule is COc1cc(N2CCN(Cc3ccccn3)CC2)ccc1Nc1nc(NC2CCCCC2)c2nc[nH]c2n1. The lowest BCUT2D eigenvalue weighted by Crippen LogP contribution is -2.46. The molecule has 3 aromatic heterocycles. The summed E-state index contributed by atoms with van der Waals surface area (Å²) in [4.78, 5) is 26.4. The summed E-state index contributed by atoms with van der Waals surface area (Å²) in [6.45, 7) is 4.79.